The van der Waals surface area contributed by atoms with Gasteiger partial charge in [-0.15, -0.1) is 0 Å². The van der Waals surface area contributed by atoms with Crippen LogP contribution in [0.2, 0.25) is 0 Å². The number of piperidine rings is 1. The lowest BCUT2D eigenvalue weighted by atomic mass is 9.72. The number of hydrogen-bond acceptors (Lipinski definition) is 2. The first-order chi connectivity index (χ1) is 9.72. The van der Waals surface area contributed by atoms with Crippen molar-refractivity contribution in [3.8, 4) is 0 Å². The molecule has 4 rings (SSSR count). The fraction of sp³-hybridized carbons (Fsp3) is 0.412. The summed E-state index contributed by atoms with van der Waals surface area (Å²) in [7, 11) is 0. The van der Waals surface area contributed by atoms with E-state index in [1.54, 1.807) is 0 Å². The number of H-pyrrole nitrogens is 1. The van der Waals surface area contributed by atoms with Gasteiger partial charge in [-0.3, -0.25) is 0 Å². The summed E-state index contributed by atoms with van der Waals surface area (Å²) in [6.07, 6.45) is 5.12. The second-order valence-corrected chi connectivity index (χ2v) is 6.28. The molecule has 3 atom stereocenters. The predicted octanol–water partition coefficient (Wildman–Crippen LogP) is 3.25. The molecule has 0 radical (unpaired) electrons. The Morgan fingerprint density at radius 1 is 1.40 bits per heavy atom. The maximum Gasteiger partial charge on any atom is 0.0854 e. The third kappa shape index (κ3) is 1.77. The van der Waals surface area contributed by atoms with E-state index in [1.165, 1.54) is 22.0 Å². The van der Waals surface area contributed by atoms with Crippen LogP contribution in [-0.2, 0) is 6.42 Å². The molecule has 3 nitrogen and oxygen atoms in total. The molecule has 1 aromatic carbocycles. The summed E-state index contributed by atoms with van der Waals surface area (Å²) in [6, 6.07) is 7.11. The Morgan fingerprint density at radius 3 is 3.15 bits per heavy atom. The highest BCUT2D eigenvalue weighted by atomic mass is 16.3. The van der Waals surface area contributed by atoms with Gasteiger partial charge in [0.25, 0.3) is 0 Å². The molecule has 0 spiro atoms. The fourth-order valence-corrected chi connectivity index (χ4v) is 4.11. The number of aliphatic hydroxyl groups is 1. The SMILES string of the molecule is C=C(O)CC1CN[C@@H]2Cc3c[nH]c4cccc(c34)[C@H]2C1. The van der Waals surface area contributed by atoms with Gasteiger partial charge in [-0.2, -0.15) is 0 Å². The van der Waals surface area contributed by atoms with Crippen LogP contribution in [0.5, 0.6) is 0 Å². The van der Waals surface area contributed by atoms with E-state index >= 15 is 0 Å². The maximum absolute atomic E-state index is 9.45. The molecule has 20 heavy (non-hydrogen) atoms. The van der Waals surface area contributed by atoms with Gasteiger partial charge < -0.3 is 15.4 Å². The molecule has 2 aromatic rings. The molecule has 0 bridgehead atoms. The third-order valence-electron chi connectivity index (χ3n) is 4.92. The fourth-order valence-electron chi connectivity index (χ4n) is 4.11. The Bertz CT molecular complexity index is 673. The molecule has 1 saturated heterocycles. The van der Waals surface area contributed by atoms with Crippen LogP contribution in [0.25, 0.3) is 10.9 Å². The molecule has 1 aromatic heterocycles. The zero-order valence-electron chi connectivity index (χ0n) is 11.5. The average molecular weight is 268 g/mol. The minimum absolute atomic E-state index is 0.312. The number of aromatic amines is 1. The normalized spacial score (nSPS) is 28.3. The Hall–Kier alpha value is -1.74. The molecule has 1 aliphatic carbocycles. The van der Waals surface area contributed by atoms with E-state index in [-0.39, 0.29) is 0 Å². The van der Waals surface area contributed by atoms with Gasteiger partial charge in [0.15, 0.2) is 0 Å². The highest BCUT2D eigenvalue weighted by Gasteiger charge is 2.36. The molecular weight excluding hydrogens is 248 g/mol. The van der Waals surface area contributed by atoms with Crippen LogP contribution in [0.4, 0.5) is 0 Å². The van der Waals surface area contributed by atoms with Crippen molar-refractivity contribution >= 4 is 10.9 Å². The molecule has 1 aliphatic heterocycles. The van der Waals surface area contributed by atoms with E-state index < -0.39 is 0 Å². The minimum atomic E-state index is 0.312. The summed E-state index contributed by atoms with van der Waals surface area (Å²) >= 11 is 0. The first-order valence-corrected chi connectivity index (χ1v) is 7.41. The van der Waals surface area contributed by atoms with Crippen LogP contribution in [0.3, 0.4) is 0 Å². The smallest absolute Gasteiger partial charge is 0.0854 e. The zero-order chi connectivity index (χ0) is 13.7. The number of fused-ring (bicyclic) bond motifs is 2. The molecule has 2 aliphatic rings. The lowest BCUT2D eigenvalue weighted by molar-refractivity contribution is 0.245. The highest BCUT2D eigenvalue weighted by molar-refractivity contribution is 5.88. The third-order valence-corrected chi connectivity index (χ3v) is 4.92. The number of nitrogens with one attached hydrogen (secondary N) is 2. The van der Waals surface area contributed by atoms with Gasteiger partial charge in [-0.05, 0) is 42.5 Å². The van der Waals surface area contributed by atoms with Gasteiger partial charge in [-0.25, -0.2) is 0 Å². The largest absolute Gasteiger partial charge is 0.513 e. The summed E-state index contributed by atoms with van der Waals surface area (Å²) in [5.41, 5.74) is 4.16. The van der Waals surface area contributed by atoms with Crippen molar-refractivity contribution < 1.29 is 5.11 Å². The van der Waals surface area contributed by atoms with Gasteiger partial charge in [0, 0.05) is 35.5 Å². The van der Waals surface area contributed by atoms with E-state index in [0.717, 1.165) is 19.4 Å². The molecule has 2 heterocycles. The van der Waals surface area contributed by atoms with Crippen LogP contribution < -0.4 is 5.32 Å². The maximum atomic E-state index is 9.45. The number of aromatic nitrogens is 1. The van der Waals surface area contributed by atoms with Crippen LogP contribution in [0.1, 0.15) is 29.9 Å². The Labute approximate surface area is 118 Å². The summed E-state index contributed by atoms with van der Waals surface area (Å²) in [4.78, 5) is 3.39. The monoisotopic (exact) mass is 268 g/mol. The van der Waals surface area contributed by atoms with Crippen LogP contribution in [0, 0.1) is 5.92 Å². The first kappa shape index (κ1) is 12.0. The number of benzene rings is 1. The lowest BCUT2D eigenvalue weighted by Crippen LogP contribution is -2.46. The van der Waals surface area contributed by atoms with Crippen molar-refractivity contribution in [2.75, 3.05) is 6.54 Å². The van der Waals surface area contributed by atoms with Gasteiger partial charge in [0.2, 0.25) is 0 Å². The quantitative estimate of drug-likeness (QED) is 0.732. The number of hydrogen-bond donors (Lipinski definition) is 3. The highest BCUT2D eigenvalue weighted by Crippen LogP contribution is 2.42. The van der Waals surface area contributed by atoms with Gasteiger partial charge in [-0.1, -0.05) is 18.7 Å². The summed E-state index contributed by atoms with van der Waals surface area (Å²) in [5, 5.41) is 14.6. The molecule has 0 saturated carbocycles. The molecule has 104 valence electrons. The summed E-state index contributed by atoms with van der Waals surface area (Å²) in [5.74, 6) is 1.36. The molecule has 0 amide bonds. The van der Waals surface area contributed by atoms with Crippen molar-refractivity contribution in [1.82, 2.24) is 10.3 Å². The first-order valence-electron chi connectivity index (χ1n) is 7.41. The van der Waals surface area contributed by atoms with Crippen molar-refractivity contribution in [2.24, 2.45) is 5.92 Å². The topological polar surface area (TPSA) is 48.0 Å². The van der Waals surface area contributed by atoms with E-state index in [2.05, 4.69) is 41.3 Å². The molecule has 3 N–H and O–H groups in total. The van der Waals surface area contributed by atoms with Crippen molar-refractivity contribution in [3.63, 3.8) is 0 Å². The average Bonchev–Trinajstić information content (AvgIpc) is 2.84. The van der Waals surface area contributed by atoms with Crippen LogP contribution in [-0.4, -0.2) is 22.7 Å². The van der Waals surface area contributed by atoms with Crippen LogP contribution in [0.15, 0.2) is 36.7 Å². The predicted molar refractivity (Wildman–Crippen MR) is 81.0 cm³/mol. The number of rotatable bonds is 2. The Kier molecular flexibility index (Phi) is 2.64. The minimum Gasteiger partial charge on any atom is -0.513 e. The standard InChI is InChI=1S/C17H20N2O/c1-10(20)5-11-6-14-13-3-2-4-15-17(13)12(9-19-15)7-16(14)18-8-11/h2-4,9,11,14,16,18-20H,1,5-8H2/t11?,14-,16-/m1/s1. The molecule has 3 heteroatoms. The molecule has 1 unspecified atom stereocenters. The molecular formula is C17H20N2O. The lowest BCUT2D eigenvalue weighted by Gasteiger charge is -2.40. The summed E-state index contributed by atoms with van der Waals surface area (Å²) < 4.78 is 0. The van der Waals surface area contributed by atoms with E-state index in [1.807, 2.05) is 0 Å². The van der Waals surface area contributed by atoms with Gasteiger partial charge >= 0.3 is 0 Å². The number of allylic oxidation sites excluding steroid dienone is 1. The van der Waals surface area contributed by atoms with E-state index in [0.29, 0.717) is 30.1 Å². The van der Waals surface area contributed by atoms with Crippen LogP contribution >= 0.6 is 0 Å². The van der Waals surface area contributed by atoms with Crippen molar-refractivity contribution in [1.29, 1.82) is 0 Å². The van der Waals surface area contributed by atoms with Crippen molar-refractivity contribution in [3.05, 3.63) is 47.9 Å². The second-order valence-electron chi connectivity index (χ2n) is 6.28. The van der Waals surface area contributed by atoms with Gasteiger partial charge in [0.05, 0.1) is 5.76 Å². The van der Waals surface area contributed by atoms with E-state index in [9.17, 15) is 5.11 Å². The second kappa shape index (κ2) is 4.38. The zero-order valence-corrected chi connectivity index (χ0v) is 11.5. The van der Waals surface area contributed by atoms with E-state index in [4.69, 9.17) is 0 Å². The van der Waals surface area contributed by atoms with Gasteiger partial charge in [0.1, 0.15) is 0 Å². The Morgan fingerprint density at radius 2 is 2.30 bits per heavy atom. The van der Waals surface area contributed by atoms with Crippen molar-refractivity contribution in [2.45, 2.75) is 31.2 Å². The molecule has 1 fully saturated rings. The Balaban J connectivity index is 1.73. The number of aliphatic hydroxyl groups excluding tert-OH is 1. The summed E-state index contributed by atoms with van der Waals surface area (Å²) in [6.45, 7) is 4.63.